The third kappa shape index (κ3) is 2.85. The van der Waals surface area contributed by atoms with Crippen molar-refractivity contribution in [1.29, 1.82) is 0 Å². The molecule has 0 fully saturated rings. The smallest absolute Gasteiger partial charge is 0.159 e. The third-order valence-corrected chi connectivity index (χ3v) is 3.99. The zero-order valence-corrected chi connectivity index (χ0v) is 12.3. The fourth-order valence-electron chi connectivity index (χ4n) is 2.49. The van der Waals surface area contributed by atoms with Crippen molar-refractivity contribution in [2.24, 2.45) is 0 Å². The molecule has 0 spiro atoms. The Morgan fingerprint density at radius 2 is 1.95 bits per heavy atom. The number of aryl methyl sites for hydroxylation is 1. The summed E-state index contributed by atoms with van der Waals surface area (Å²) in [4.78, 5) is 0. The van der Waals surface area contributed by atoms with Gasteiger partial charge in [0.25, 0.3) is 0 Å². The van der Waals surface area contributed by atoms with Gasteiger partial charge in [-0.15, -0.1) is 0 Å². The highest BCUT2D eigenvalue weighted by Gasteiger charge is 2.20. The molecule has 0 saturated carbocycles. The van der Waals surface area contributed by atoms with E-state index < -0.39 is 11.6 Å². The Morgan fingerprint density at radius 3 is 2.75 bits per heavy atom. The molecule has 4 heteroatoms. The molecule has 2 aromatic rings. The first kappa shape index (κ1) is 13.6. The van der Waals surface area contributed by atoms with Crippen molar-refractivity contribution in [2.45, 2.75) is 25.4 Å². The Balaban J connectivity index is 1.74. The lowest BCUT2D eigenvalue weighted by Gasteiger charge is -2.26. The van der Waals surface area contributed by atoms with E-state index in [1.54, 1.807) is 6.07 Å². The summed E-state index contributed by atoms with van der Waals surface area (Å²) >= 11 is 3.44. The van der Waals surface area contributed by atoms with Crippen molar-refractivity contribution in [2.75, 3.05) is 0 Å². The van der Waals surface area contributed by atoms with Crippen molar-refractivity contribution in [3.05, 3.63) is 63.6 Å². The van der Waals surface area contributed by atoms with Crippen molar-refractivity contribution >= 4 is 15.9 Å². The van der Waals surface area contributed by atoms with Crippen LogP contribution < -0.4 is 4.74 Å². The molecule has 0 N–H and O–H groups in total. The van der Waals surface area contributed by atoms with Crippen molar-refractivity contribution < 1.29 is 13.5 Å². The van der Waals surface area contributed by atoms with Gasteiger partial charge in [0.2, 0.25) is 0 Å². The van der Waals surface area contributed by atoms with Crippen LogP contribution in [0.4, 0.5) is 8.78 Å². The molecular weight excluding hydrogens is 326 g/mol. The first-order valence-corrected chi connectivity index (χ1v) is 7.30. The van der Waals surface area contributed by atoms with Gasteiger partial charge in [-0.1, -0.05) is 22.0 Å². The standard InChI is InChI=1S/C16H13BrF2O/c17-12-3-6-16-11(9-12)2-4-13(20-16)7-10-1-5-14(18)15(19)8-10/h1,3,5-6,8-9,13H,2,4,7H2/t13-/m1/s1. The second kappa shape index (κ2) is 5.52. The molecule has 1 heterocycles. The summed E-state index contributed by atoms with van der Waals surface area (Å²) in [6, 6.07) is 9.96. The van der Waals surface area contributed by atoms with E-state index >= 15 is 0 Å². The fourth-order valence-corrected chi connectivity index (χ4v) is 2.90. The van der Waals surface area contributed by atoms with E-state index in [0.29, 0.717) is 6.42 Å². The predicted molar refractivity (Wildman–Crippen MR) is 76.9 cm³/mol. The maximum atomic E-state index is 13.2. The summed E-state index contributed by atoms with van der Waals surface area (Å²) in [7, 11) is 0. The van der Waals surface area contributed by atoms with Crippen LogP contribution in [-0.2, 0) is 12.8 Å². The summed E-state index contributed by atoms with van der Waals surface area (Å²) in [6.07, 6.45) is 2.41. The van der Waals surface area contributed by atoms with Gasteiger partial charge in [-0.25, -0.2) is 8.78 Å². The molecule has 3 rings (SSSR count). The van der Waals surface area contributed by atoms with Crippen LogP contribution in [-0.4, -0.2) is 6.10 Å². The van der Waals surface area contributed by atoms with Crippen LogP contribution in [0.25, 0.3) is 0 Å². The first-order chi connectivity index (χ1) is 9.61. The van der Waals surface area contributed by atoms with Gasteiger partial charge in [-0.05, 0) is 54.3 Å². The van der Waals surface area contributed by atoms with Crippen LogP contribution in [0.3, 0.4) is 0 Å². The normalized spacial score (nSPS) is 17.4. The maximum absolute atomic E-state index is 13.2. The topological polar surface area (TPSA) is 9.23 Å². The Kier molecular flexibility index (Phi) is 3.74. The minimum Gasteiger partial charge on any atom is -0.490 e. The molecule has 0 aliphatic carbocycles. The molecule has 1 aliphatic heterocycles. The molecule has 0 amide bonds. The van der Waals surface area contributed by atoms with Crippen LogP contribution >= 0.6 is 15.9 Å². The largest absolute Gasteiger partial charge is 0.490 e. The number of rotatable bonds is 2. The molecule has 0 saturated heterocycles. The maximum Gasteiger partial charge on any atom is 0.159 e. The Morgan fingerprint density at radius 1 is 1.10 bits per heavy atom. The second-order valence-corrected chi connectivity index (χ2v) is 5.90. The van der Waals surface area contributed by atoms with E-state index in [0.717, 1.165) is 28.6 Å². The predicted octanol–water partition coefficient (Wildman–Crippen LogP) is 4.66. The number of halogens is 3. The van der Waals surface area contributed by atoms with Gasteiger partial charge in [0.1, 0.15) is 11.9 Å². The second-order valence-electron chi connectivity index (χ2n) is 4.98. The summed E-state index contributed by atoms with van der Waals surface area (Å²) in [6.45, 7) is 0. The lowest BCUT2D eigenvalue weighted by atomic mass is 9.97. The molecule has 0 bridgehead atoms. The van der Waals surface area contributed by atoms with Gasteiger partial charge in [0, 0.05) is 10.9 Å². The van der Waals surface area contributed by atoms with Gasteiger partial charge in [0.15, 0.2) is 11.6 Å². The van der Waals surface area contributed by atoms with Gasteiger partial charge < -0.3 is 4.74 Å². The summed E-state index contributed by atoms with van der Waals surface area (Å²) < 4.78 is 33.1. The minimum absolute atomic E-state index is 0.00790. The van der Waals surface area contributed by atoms with Crippen molar-refractivity contribution in [1.82, 2.24) is 0 Å². The monoisotopic (exact) mass is 338 g/mol. The van der Waals surface area contributed by atoms with Crippen LogP contribution in [0.1, 0.15) is 17.5 Å². The molecule has 1 nitrogen and oxygen atoms in total. The molecule has 0 aromatic heterocycles. The Labute approximate surface area is 124 Å². The summed E-state index contributed by atoms with van der Waals surface area (Å²) in [5.41, 5.74) is 1.94. The Hall–Kier alpha value is -1.42. The van der Waals surface area contributed by atoms with Crippen LogP contribution in [0.15, 0.2) is 40.9 Å². The van der Waals surface area contributed by atoms with Gasteiger partial charge in [0.05, 0.1) is 0 Å². The zero-order valence-electron chi connectivity index (χ0n) is 10.7. The average molecular weight is 339 g/mol. The number of fused-ring (bicyclic) bond motifs is 1. The highest BCUT2D eigenvalue weighted by Crippen LogP contribution is 2.31. The molecule has 104 valence electrons. The summed E-state index contributed by atoms with van der Waals surface area (Å²) in [5.74, 6) is -0.733. The first-order valence-electron chi connectivity index (χ1n) is 6.51. The molecule has 0 unspecified atom stereocenters. The third-order valence-electron chi connectivity index (χ3n) is 3.50. The molecular formula is C16H13BrF2O. The van der Waals surface area contributed by atoms with Gasteiger partial charge in [-0.3, -0.25) is 0 Å². The van der Waals surface area contributed by atoms with Crippen LogP contribution in [0, 0.1) is 11.6 Å². The van der Waals surface area contributed by atoms with Crippen molar-refractivity contribution in [3.63, 3.8) is 0 Å². The molecule has 0 radical (unpaired) electrons. The fraction of sp³-hybridized carbons (Fsp3) is 0.250. The highest BCUT2D eigenvalue weighted by atomic mass is 79.9. The van der Waals surface area contributed by atoms with E-state index in [-0.39, 0.29) is 6.10 Å². The van der Waals surface area contributed by atoms with E-state index in [9.17, 15) is 8.78 Å². The van der Waals surface area contributed by atoms with Gasteiger partial charge >= 0.3 is 0 Å². The van der Waals surface area contributed by atoms with Crippen LogP contribution in [0.5, 0.6) is 5.75 Å². The van der Waals surface area contributed by atoms with Gasteiger partial charge in [-0.2, -0.15) is 0 Å². The highest BCUT2D eigenvalue weighted by molar-refractivity contribution is 9.10. The van der Waals surface area contributed by atoms with E-state index in [1.165, 1.54) is 17.7 Å². The minimum atomic E-state index is -0.812. The lowest BCUT2D eigenvalue weighted by Crippen LogP contribution is -2.25. The molecule has 2 aromatic carbocycles. The summed E-state index contributed by atoms with van der Waals surface area (Å²) in [5, 5.41) is 0. The van der Waals surface area contributed by atoms with Crippen LogP contribution in [0.2, 0.25) is 0 Å². The van der Waals surface area contributed by atoms with E-state index in [2.05, 4.69) is 22.0 Å². The van der Waals surface area contributed by atoms with E-state index in [1.807, 2.05) is 12.1 Å². The number of ether oxygens (including phenoxy) is 1. The quantitative estimate of drug-likeness (QED) is 0.773. The molecule has 20 heavy (non-hydrogen) atoms. The Bertz CT molecular complexity index is 642. The molecule has 1 atom stereocenters. The average Bonchev–Trinajstić information content (AvgIpc) is 2.43. The SMILES string of the molecule is Fc1ccc(C[C@H]2CCc3cc(Br)ccc3O2)cc1F. The number of hydrogen-bond donors (Lipinski definition) is 0. The van der Waals surface area contributed by atoms with E-state index in [4.69, 9.17) is 4.74 Å². The van der Waals surface area contributed by atoms with Crippen molar-refractivity contribution in [3.8, 4) is 5.75 Å². The zero-order chi connectivity index (χ0) is 14.1. The number of benzene rings is 2. The number of hydrogen-bond acceptors (Lipinski definition) is 1. The molecule has 1 aliphatic rings. The lowest BCUT2D eigenvalue weighted by molar-refractivity contribution is 0.173.